The number of rotatable bonds is 6. The van der Waals surface area contributed by atoms with Gasteiger partial charge >= 0.3 is 5.97 Å². The number of allylic oxidation sites excluding steroid dienone is 1. The van der Waals surface area contributed by atoms with E-state index in [9.17, 15) is 14.4 Å². The third-order valence-corrected chi connectivity index (χ3v) is 8.15. The van der Waals surface area contributed by atoms with Crippen molar-refractivity contribution in [2.24, 2.45) is 10.9 Å². The highest BCUT2D eigenvalue weighted by molar-refractivity contribution is 7.10. The molecular weight excluding hydrogens is 494 g/mol. The third-order valence-electron chi connectivity index (χ3n) is 6.18. The number of thiophene rings is 1. The zero-order valence-corrected chi connectivity index (χ0v) is 22.2. The molecule has 4 heterocycles. The van der Waals surface area contributed by atoms with Gasteiger partial charge < -0.3 is 9.64 Å². The maximum absolute atomic E-state index is 14.0. The normalized spacial score (nSPS) is 18.4. The highest BCUT2D eigenvalue weighted by Gasteiger charge is 2.37. The minimum atomic E-state index is -0.659. The van der Waals surface area contributed by atoms with Crippen LogP contribution in [0.3, 0.4) is 0 Å². The molecule has 2 aliphatic heterocycles. The van der Waals surface area contributed by atoms with E-state index in [-0.39, 0.29) is 24.0 Å². The minimum Gasteiger partial charge on any atom is -0.462 e. The molecule has 36 heavy (non-hydrogen) atoms. The van der Waals surface area contributed by atoms with Crippen molar-refractivity contribution in [3.05, 3.63) is 83.2 Å². The summed E-state index contributed by atoms with van der Waals surface area (Å²) in [6.45, 7) is 8.58. The van der Waals surface area contributed by atoms with E-state index in [1.165, 1.54) is 22.7 Å². The quantitative estimate of drug-likeness (QED) is 0.464. The SMILES string of the molecule is CCCN1C(=O)/C(=c2\sc3n(c2=O)[C@@H](c2cccs2)C(C(=O)OCC(C)C)=C(C)N=3)c2ccccc21. The molecule has 186 valence electrons. The Morgan fingerprint density at radius 3 is 2.64 bits per heavy atom. The van der Waals surface area contributed by atoms with Crippen molar-refractivity contribution in [1.82, 2.24) is 4.57 Å². The number of aromatic nitrogens is 1. The average molecular weight is 522 g/mol. The van der Waals surface area contributed by atoms with Gasteiger partial charge in [-0.25, -0.2) is 9.79 Å². The standard InChI is InChI=1S/C27H27N3O4S2/c1-5-12-29-18-10-7-6-9-17(18)21(24(29)31)23-25(32)30-22(19-11-8-13-35-19)20(16(4)28-27(30)36-23)26(33)34-14-15(2)3/h6-11,13,15,22H,5,12,14H2,1-4H3/b23-21-/t22-/m0/s1. The number of amides is 1. The summed E-state index contributed by atoms with van der Waals surface area (Å²) in [6, 6.07) is 10.7. The topological polar surface area (TPSA) is 81.0 Å². The number of nitrogens with zero attached hydrogens (tertiary/aromatic N) is 3. The van der Waals surface area contributed by atoms with Crippen molar-refractivity contribution in [2.45, 2.75) is 40.2 Å². The Morgan fingerprint density at radius 2 is 1.94 bits per heavy atom. The molecule has 7 nitrogen and oxygen atoms in total. The zero-order chi connectivity index (χ0) is 25.6. The second kappa shape index (κ2) is 9.63. The van der Waals surface area contributed by atoms with Crippen molar-refractivity contribution in [3.63, 3.8) is 0 Å². The second-order valence-corrected chi connectivity index (χ2v) is 11.2. The monoisotopic (exact) mass is 521 g/mol. The summed E-state index contributed by atoms with van der Waals surface area (Å²) < 4.78 is 7.47. The Bertz CT molecular complexity index is 1560. The second-order valence-electron chi connectivity index (χ2n) is 9.26. The number of anilines is 1. The molecule has 0 spiro atoms. The van der Waals surface area contributed by atoms with Crippen LogP contribution in [-0.2, 0) is 14.3 Å². The Morgan fingerprint density at radius 1 is 1.17 bits per heavy atom. The van der Waals surface area contributed by atoms with Crippen molar-refractivity contribution < 1.29 is 14.3 Å². The lowest BCUT2D eigenvalue weighted by Gasteiger charge is -2.23. The number of hydrogen-bond acceptors (Lipinski definition) is 7. The van der Waals surface area contributed by atoms with Crippen LogP contribution in [0.2, 0.25) is 0 Å². The number of thiazole rings is 1. The minimum absolute atomic E-state index is 0.178. The first-order chi connectivity index (χ1) is 17.3. The van der Waals surface area contributed by atoms with E-state index >= 15 is 0 Å². The summed E-state index contributed by atoms with van der Waals surface area (Å²) in [6.07, 6.45) is 0.800. The molecular formula is C27H27N3O4S2. The first-order valence-corrected chi connectivity index (χ1v) is 13.7. The van der Waals surface area contributed by atoms with Crippen molar-refractivity contribution >= 4 is 45.8 Å². The van der Waals surface area contributed by atoms with Gasteiger partial charge in [-0.15, -0.1) is 11.3 Å². The summed E-state index contributed by atoms with van der Waals surface area (Å²) in [4.78, 5) is 48.5. The molecule has 0 saturated carbocycles. The molecule has 1 atom stereocenters. The molecule has 0 unspecified atom stereocenters. The van der Waals surface area contributed by atoms with Crippen LogP contribution in [-0.4, -0.2) is 29.6 Å². The van der Waals surface area contributed by atoms with Gasteiger partial charge in [-0.2, -0.15) is 0 Å². The van der Waals surface area contributed by atoms with Crippen molar-refractivity contribution in [2.75, 3.05) is 18.1 Å². The van der Waals surface area contributed by atoms with E-state index in [1.54, 1.807) is 16.4 Å². The number of hydrogen-bond donors (Lipinski definition) is 0. The lowest BCUT2D eigenvalue weighted by atomic mass is 10.0. The van der Waals surface area contributed by atoms with Crippen LogP contribution in [0.1, 0.15) is 50.6 Å². The fourth-order valence-electron chi connectivity index (χ4n) is 4.61. The van der Waals surface area contributed by atoms with E-state index in [4.69, 9.17) is 4.74 Å². The first-order valence-electron chi connectivity index (χ1n) is 12.0. The van der Waals surface area contributed by atoms with E-state index < -0.39 is 12.0 Å². The van der Waals surface area contributed by atoms with Gasteiger partial charge in [0.2, 0.25) is 0 Å². The van der Waals surface area contributed by atoms with Gasteiger partial charge in [-0.05, 0) is 36.8 Å². The lowest BCUT2D eigenvalue weighted by molar-refractivity contribution is -0.140. The maximum atomic E-state index is 14.0. The summed E-state index contributed by atoms with van der Waals surface area (Å²) in [5.41, 5.74) is 2.52. The first kappa shape index (κ1) is 24.4. The highest BCUT2D eigenvalue weighted by atomic mass is 32.1. The molecule has 2 aliphatic rings. The van der Waals surface area contributed by atoms with Gasteiger partial charge in [0.05, 0.1) is 29.1 Å². The van der Waals surface area contributed by atoms with E-state index in [0.717, 1.165) is 22.5 Å². The van der Waals surface area contributed by atoms with Gasteiger partial charge in [0, 0.05) is 17.0 Å². The molecule has 0 N–H and O–H groups in total. The largest absolute Gasteiger partial charge is 0.462 e. The Labute approximate surface area is 216 Å². The fourth-order valence-corrected chi connectivity index (χ4v) is 6.57. The van der Waals surface area contributed by atoms with Crippen LogP contribution in [0.4, 0.5) is 5.69 Å². The molecule has 0 radical (unpaired) electrons. The molecule has 2 aromatic heterocycles. The summed E-state index contributed by atoms with van der Waals surface area (Å²) in [7, 11) is 0. The molecule has 1 aromatic carbocycles. The van der Waals surface area contributed by atoms with E-state index in [2.05, 4.69) is 4.99 Å². The predicted molar refractivity (Wildman–Crippen MR) is 142 cm³/mol. The summed E-state index contributed by atoms with van der Waals surface area (Å²) in [5.74, 6) is -0.474. The van der Waals surface area contributed by atoms with Crippen LogP contribution in [0.15, 0.2) is 62.8 Å². The van der Waals surface area contributed by atoms with E-state index in [1.807, 2.05) is 62.5 Å². The smallest absolute Gasteiger partial charge is 0.338 e. The molecule has 0 bridgehead atoms. The maximum Gasteiger partial charge on any atom is 0.338 e. The van der Waals surface area contributed by atoms with Crippen LogP contribution >= 0.6 is 22.7 Å². The van der Waals surface area contributed by atoms with Crippen LogP contribution in [0.5, 0.6) is 0 Å². The van der Waals surface area contributed by atoms with Gasteiger partial charge in [-0.3, -0.25) is 14.2 Å². The molecule has 9 heteroatoms. The summed E-state index contributed by atoms with van der Waals surface area (Å²) in [5, 5.41) is 1.92. The molecule has 0 fully saturated rings. The fraction of sp³-hybridized carbons (Fsp3) is 0.333. The number of ether oxygens (including phenoxy) is 1. The van der Waals surface area contributed by atoms with Crippen LogP contribution in [0.25, 0.3) is 5.57 Å². The molecule has 1 amide bonds. The van der Waals surface area contributed by atoms with Gasteiger partial charge in [-0.1, -0.05) is 56.4 Å². The summed E-state index contributed by atoms with van der Waals surface area (Å²) >= 11 is 2.67. The van der Waals surface area contributed by atoms with Crippen molar-refractivity contribution in [3.8, 4) is 0 Å². The van der Waals surface area contributed by atoms with Crippen LogP contribution in [0, 0.1) is 5.92 Å². The predicted octanol–water partition coefficient (Wildman–Crippen LogP) is 3.62. The number of esters is 1. The molecule has 0 saturated heterocycles. The Kier molecular flexibility index (Phi) is 6.53. The van der Waals surface area contributed by atoms with E-state index in [0.29, 0.717) is 32.7 Å². The molecule has 3 aromatic rings. The highest BCUT2D eigenvalue weighted by Crippen LogP contribution is 2.36. The molecule has 0 aliphatic carbocycles. The van der Waals surface area contributed by atoms with Crippen LogP contribution < -0.4 is 19.8 Å². The average Bonchev–Trinajstić information content (AvgIpc) is 3.55. The Hall–Kier alpha value is -3.30. The number of carbonyl (C=O) groups excluding carboxylic acids is 2. The van der Waals surface area contributed by atoms with Gasteiger partial charge in [0.1, 0.15) is 10.6 Å². The van der Waals surface area contributed by atoms with Gasteiger partial charge in [0.25, 0.3) is 11.5 Å². The van der Waals surface area contributed by atoms with Gasteiger partial charge in [0.15, 0.2) is 4.80 Å². The van der Waals surface area contributed by atoms with Crippen molar-refractivity contribution in [1.29, 1.82) is 0 Å². The number of fused-ring (bicyclic) bond motifs is 2. The Balaban J connectivity index is 1.74. The zero-order valence-electron chi connectivity index (χ0n) is 20.6. The lowest BCUT2D eigenvalue weighted by Crippen LogP contribution is -2.40. The number of benzene rings is 1. The molecule has 5 rings (SSSR count). The number of para-hydroxylation sites is 1. The number of carbonyl (C=O) groups is 2. The third kappa shape index (κ3) is 3.96.